The molecule has 1 heterocycles. The quantitative estimate of drug-likeness (QED) is 0.483. The topological polar surface area (TPSA) is 123 Å². The number of amides is 2. The molecule has 2 aliphatic rings. The zero-order valence-corrected chi connectivity index (χ0v) is 19.3. The van der Waals surface area contributed by atoms with Crippen LogP contribution < -0.4 is 10.6 Å². The molecule has 0 saturated heterocycles. The molecule has 2 aliphatic carbocycles. The normalized spacial score (nSPS) is 15.5. The number of aliphatic carboxylic acids is 1. The van der Waals surface area contributed by atoms with E-state index in [2.05, 4.69) is 27.9 Å². The van der Waals surface area contributed by atoms with E-state index in [1.165, 1.54) is 10.9 Å². The summed E-state index contributed by atoms with van der Waals surface area (Å²) < 4.78 is 6.92. The van der Waals surface area contributed by atoms with Crippen molar-refractivity contribution in [2.75, 3.05) is 6.61 Å². The molecule has 3 aromatic rings. The molecule has 2 amide bonds. The molecule has 3 N–H and O–H groups in total. The third-order valence-electron chi connectivity index (χ3n) is 6.97. The fourth-order valence-corrected chi connectivity index (χ4v) is 4.92. The van der Waals surface area contributed by atoms with Gasteiger partial charge in [0.1, 0.15) is 17.8 Å². The van der Waals surface area contributed by atoms with Crippen molar-refractivity contribution in [2.24, 2.45) is 7.05 Å². The fourth-order valence-electron chi connectivity index (χ4n) is 4.92. The highest BCUT2D eigenvalue weighted by Crippen LogP contribution is 2.44. The van der Waals surface area contributed by atoms with Crippen LogP contribution in [0.2, 0.25) is 0 Å². The predicted molar refractivity (Wildman–Crippen MR) is 127 cm³/mol. The van der Waals surface area contributed by atoms with Gasteiger partial charge < -0.3 is 20.5 Å². The molecular formula is C26H26N4O5. The number of nitrogens with zero attached hydrogens (tertiary/aromatic N) is 2. The molecule has 0 spiro atoms. The van der Waals surface area contributed by atoms with Gasteiger partial charge in [0, 0.05) is 18.5 Å². The molecule has 0 bridgehead atoms. The number of carbonyl (C=O) groups excluding carboxylic acids is 2. The number of aromatic nitrogens is 2. The van der Waals surface area contributed by atoms with Crippen molar-refractivity contribution in [1.82, 2.24) is 20.4 Å². The molecule has 5 rings (SSSR count). The number of benzene rings is 2. The van der Waals surface area contributed by atoms with Gasteiger partial charge in [-0.25, -0.2) is 9.59 Å². The highest BCUT2D eigenvalue weighted by molar-refractivity contribution is 5.98. The van der Waals surface area contributed by atoms with E-state index in [0.717, 1.165) is 28.7 Å². The summed E-state index contributed by atoms with van der Waals surface area (Å²) in [6.07, 6.45) is 2.39. The number of carboxylic acid groups (broad SMARTS) is 1. The third kappa shape index (κ3) is 4.03. The van der Waals surface area contributed by atoms with Gasteiger partial charge in [0.25, 0.3) is 5.91 Å². The van der Waals surface area contributed by atoms with Crippen molar-refractivity contribution in [3.8, 4) is 11.1 Å². The van der Waals surface area contributed by atoms with E-state index >= 15 is 0 Å². The first-order valence-electron chi connectivity index (χ1n) is 11.6. The summed E-state index contributed by atoms with van der Waals surface area (Å²) in [6.45, 7) is 0.203. The van der Waals surface area contributed by atoms with Gasteiger partial charge in [-0.1, -0.05) is 48.5 Å². The monoisotopic (exact) mass is 474 g/mol. The highest BCUT2D eigenvalue weighted by Gasteiger charge is 2.46. The van der Waals surface area contributed by atoms with Crippen molar-refractivity contribution in [3.05, 3.63) is 77.1 Å². The summed E-state index contributed by atoms with van der Waals surface area (Å²) in [5, 5.41) is 18.9. The Morgan fingerprint density at radius 2 is 1.71 bits per heavy atom. The number of carboxylic acids is 1. The SMILES string of the molecule is Cn1ncc(CNC(=O)OCC2c3ccccc3-c3ccccc32)c1C(=O)NC1(C(=O)O)CCC1. The lowest BCUT2D eigenvalue weighted by Gasteiger charge is -2.38. The van der Waals surface area contributed by atoms with Gasteiger partial charge in [-0.2, -0.15) is 5.10 Å². The van der Waals surface area contributed by atoms with Gasteiger partial charge in [-0.15, -0.1) is 0 Å². The predicted octanol–water partition coefficient (Wildman–Crippen LogP) is 3.20. The lowest BCUT2D eigenvalue weighted by atomic mass is 9.76. The number of aryl methyl sites for hydroxylation is 1. The third-order valence-corrected chi connectivity index (χ3v) is 6.97. The summed E-state index contributed by atoms with van der Waals surface area (Å²) in [4.78, 5) is 37.0. The molecule has 1 fully saturated rings. The van der Waals surface area contributed by atoms with E-state index in [0.29, 0.717) is 18.4 Å². The van der Waals surface area contributed by atoms with Crippen LogP contribution in [0.5, 0.6) is 0 Å². The van der Waals surface area contributed by atoms with Crippen LogP contribution in [0.25, 0.3) is 11.1 Å². The smallest absolute Gasteiger partial charge is 0.407 e. The minimum atomic E-state index is -1.24. The molecular weight excluding hydrogens is 448 g/mol. The van der Waals surface area contributed by atoms with Gasteiger partial charge in [-0.3, -0.25) is 9.48 Å². The van der Waals surface area contributed by atoms with Crippen molar-refractivity contribution < 1.29 is 24.2 Å². The Balaban J connectivity index is 1.22. The van der Waals surface area contributed by atoms with Crippen LogP contribution >= 0.6 is 0 Å². The number of alkyl carbamates (subject to hydrolysis) is 1. The maximum Gasteiger partial charge on any atom is 0.407 e. The number of fused-ring (bicyclic) bond motifs is 3. The Morgan fingerprint density at radius 3 is 2.29 bits per heavy atom. The summed E-state index contributed by atoms with van der Waals surface area (Å²) >= 11 is 0. The van der Waals surface area contributed by atoms with Gasteiger partial charge in [0.05, 0.1) is 12.7 Å². The lowest BCUT2D eigenvalue weighted by molar-refractivity contribution is -0.148. The number of hydrogen-bond acceptors (Lipinski definition) is 5. The Hall–Kier alpha value is -4.14. The number of ether oxygens (including phenoxy) is 1. The van der Waals surface area contributed by atoms with Crippen molar-refractivity contribution in [3.63, 3.8) is 0 Å². The zero-order chi connectivity index (χ0) is 24.6. The molecule has 1 saturated carbocycles. The number of rotatable bonds is 7. The van der Waals surface area contributed by atoms with Gasteiger partial charge in [-0.05, 0) is 41.5 Å². The number of hydrogen-bond donors (Lipinski definition) is 3. The lowest BCUT2D eigenvalue weighted by Crippen LogP contribution is -2.59. The van der Waals surface area contributed by atoms with E-state index in [9.17, 15) is 19.5 Å². The average molecular weight is 475 g/mol. The molecule has 2 aromatic carbocycles. The molecule has 1 aromatic heterocycles. The van der Waals surface area contributed by atoms with Crippen molar-refractivity contribution in [2.45, 2.75) is 37.3 Å². The van der Waals surface area contributed by atoms with E-state index in [1.807, 2.05) is 36.4 Å². The minimum Gasteiger partial charge on any atom is -0.480 e. The largest absolute Gasteiger partial charge is 0.480 e. The first-order chi connectivity index (χ1) is 16.9. The van der Waals surface area contributed by atoms with Crippen LogP contribution in [0.1, 0.15) is 52.4 Å². The van der Waals surface area contributed by atoms with Crippen LogP contribution in [0.15, 0.2) is 54.7 Å². The van der Waals surface area contributed by atoms with Crippen LogP contribution in [0, 0.1) is 0 Å². The highest BCUT2D eigenvalue weighted by atomic mass is 16.5. The summed E-state index contributed by atoms with van der Waals surface area (Å²) in [7, 11) is 1.60. The molecule has 0 aliphatic heterocycles. The Morgan fingerprint density at radius 1 is 1.09 bits per heavy atom. The standard InChI is InChI=1S/C26H26N4O5/c1-30-22(23(31)29-26(24(32)33)11-6-12-26)16(14-28-30)13-27-25(34)35-15-21-19-9-4-2-7-17(19)18-8-3-5-10-20(18)21/h2-5,7-10,14,21H,6,11-13,15H2,1H3,(H,27,34)(H,29,31)(H,32,33). The van der Waals surface area contributed by atoms with E-state index in [-0.39, 0.29) is 24.8 Å². The number of carbonyl (C=O) groups is 3. The molecule has 0 unspecified atom stereocenters. The molecule has 9 nitrogen and oxygen atoms in total. The van der Waals surface area contributed by atoms with Gasteiger partial charge in [0.2, 0.25) is 0 Å². The Bertz CT molecular complexity index is 1270. The molecule has 9 heteroatoms. The van der Waals surface area contributed by atoms with Crippen LogP contribution in [-0.4, -0.2) is 45.0 Å². The second-order valence-electron chi connectivity index (χ2n) is 9.02. The second-order valence-corrected chi connectivity index (χ2v) is 9.02. The molecule has 0 atom stereocenters. The fraction of sp³-hybridized carbons (Fsp3) is 0.308. The van der Waals surface area contributed by atoms with Gasteiger partial charge >= 0.3 is 12.1 Å². The molecule has 35 heavy (non-hydrogen) atoms. The molecule has 180 valence electrons. The average Bonchev–Trinajstić information content (AvgIpc) is 3.36. The Kier molecular flexibility index (Phi) is 5.76. The maximum absolute atomic E-state index is 12.9. The second kappa shape index (κ2) is 8.90. The van der Waals surface area contributed by atoms with Crippen molar-refractivity contribution in [1.29, 1.82) is 0 Å². The van der Waals surface area contributed by atoms with Crippen molar-refractivity contribution >= 4 is 18.0 Å². The van der Waals surface area contributed by atoms with Crippen LogP contribution in [0.3, 0.4) is 0 Å². The summed E-state index contributed by atoms with van der Waals surface area (Å²) in [5.74, 6) is -1.63. The van der Waals surface area contributed by atoms with E-state index < -0.39 is 23.5 Å². The van der Waals surface area contributed by atoms with Gasteiger partial charge in [0.15, 0.2) is 0 Å². The van der Waals surface area contributed by atoms with Crippen LogP contribution in [-0.2, 0) is 23.1 Å². The summed E-state index contributed by atoms with van der Waals surface area (Å²) in [6, 6.07) is 16.2. The maximum atomic E-state index is 12.9. The van der Waals surface area contributed by atoms with E-state index in [4.69, 9.17) is 4.74 Å². The zero-order valence-electron chi connectivity index (χ0n) is 19.3. The molecule has 0 radical (unpaired) electrons. The van der Waals surface area contributed by atoms with E-state index in [1.54, 1.807) is 7.05 Å². The minimum absolute atomic E-state index is 0.0212. The first kappa shape index (κ1) is 22.6. The Labute approximate surface area is 202 Å². The number of nitrogens with one attached hydrogen (secondary N) is 2. The van der Waals surface area contributed by atoms with Crippen LogP contribution in [0.4, 0.5) is 4.79 Å². The summed E-state index contributed by atoms with van der Waals surface area (Å²) in [5.41, 5.74) is 3.98. The first-order valence-corrected chi connectivity index (χ1v) is 11.6.